The largest absolute Gasteiger partial charge is 0.508 e. The van der Waals surface area contributed by atoms with Crippen molar-refractivity contribution in [2.75, 3.05) is 18.5 Å². The number of nitrogens with zero attached hydrogens (tertiary/aromatic N) is 2. The molecule has 0 aliphatic carbocycles. The van der Waals surface area contributed by atoms with Crippen molar-refractivity contribution in [1.82, 2.24) is 9.55 Å². The van der Waals surface area contributed by atoms with E-state index in [4.69, 9.17) is 14.2 Å². The number of anilines is 1. The Kier molecular flexibility index (Phi) is 7.66. The van der Waals surface area contributed by atoms with Crippen molar-refractivity contribution < 1.29 is 33.7 Å². The lowest BCUT2D eigenvalue weighted by molar-refractivity contribution is 0.0734. The minimum absolute atomic E-state index is 0.0567. The number of hydrogen-bond acceptors (Lipinski definition) is 9. The van der Waals surface area contributed by atoms with Gasteiger partial charge in [-0.3, -0.25) is 15.1 Å². The second-order valence-electron chi connectivity index (χ2n) is 7.81. The lowest BCUT2D eigenvalue weighted by Gasteiger charge is -2.18. The summed E-state index contributed by atoms with van der Waals surface area (Å²) < 4.78 is 16.8. The van der Waals surface area contributed by atoms with Crippen LogP contribution in [0.1, 0.15) is 24.2 Å². The fourth-order valence-corrected chi connectivity index (χ4v) is 3.74. The molecule has 11 nitrogen and oxygen atoms in total. The molecule has 0 radical (unpaired) electrons. The third-order valence-electron chi connectivity index (χ3n) is 5.33. The zero-order valence-corrected chi connectivity index (χ0v) is 20.5. The molecule has 0 saturated carbocycles. The van der Waals surface area contributed by atoms with Crippen molar-refractivity contribution in [3.05, 3.63) is 82.8 Å². The molecule has 0 aliphatic rings. The molecule has 2 heterocycles. The first-order valence-corrected chi connectivity index (χ1v) is 11.6. The highest BCUT2D eigenvalue weighted by Crippen LogP contribution is 2.34. The van der Waals surface area contributed by atoms with Gasteiger partial charge in [0.15, 0.2) is 5.43 Å². The van der Waals surface area contributed by atoms with E-state index in [0.717, 1.165) is 4.57 Å². The maximum atomic E-state index is 13.0. The number of carbonyl (C=O) groups is 3. The summed E-state index contributed by atoms with van der Waals surface area (Å²) in [5, 5.41) is 12.5. The van der Waals surface area contributed by atoms with Gasteiger partial charge in [-0.05, 0) is 56.3 Å². The lowest BCUT2D eigenvalue weighted by Crippen LogP contribution is -2.21. The van der Waals surface area contributed by atoms with Gasteiger partial charge >= 0.3 is 18.2 Å². The molecule has 0 atom stereocenters. The van der Waals surface area contributed by atoms with E-state index >= 15 is 0 Å². The Labute approximate surface area is 216 Å². The van der Waals surface area contributed by atoms with Gasteiger partial charge in [0.05, 0.1) is 35.7 Å². The summed E-state index contributed by atoms with van der Waals surface area (Å²) in [7, 11) is 0. The van der Waals surface area contributed by atoms with Gasteiger partial charge < -0.3 is 19.3 Å². The Hall–Kier alpha value is -5.19. The molecule has 0 bridgehead atoms. The minimum atomic E-state index is -0.805. The molecular weight excluding hydrogens is 494 g/mol. The van der Waals surface area contributed by atoms with Crippen LogP contribution in [0.25, 0.3) is 22.2 Å². The summed E-state index contributed by atoms with van der Waals surface area (Å²) in [6.45, 7) is 3.40. The van der Waals surface area contributed by atoms with Gasteiger partial charge in [0.25, 0.3) is 0 Å². The number of hydrogen-bond donors (Lipinski definition) is 2. The minimum Gasteiger partial charge on any atom is -0.508 e. The number of pyridine rings is 2. The SMILES string of the molecule is CCOC(=O)Nc1cc(OC(=O)c2cccnc2)ccc1-c1cc(=O)c2cc(O)ccc2n1C(=O)OCC. The van der Waals surface area contributed by atoms with Crippen LogP contribution >= 0.6 is 0 Å². The fourth-order valence-electron chi connectivity index (χ4n) is 3.74. The molecule has 4 rings (SSSR count). The van der Waals surface area contributed by atoms with Crippen molar-refractivity contribution in [2.45, 2.75) is 13.8 Å². The van der Waals surface area contributed by atoms with Gasteiger partial charge in [-0.15, -0.1) is 0 Å². The van der Waals surface area contributed by atoms with Gasteiger partial charge in [-0.1, -0.05) is 0 Å². The molecular formula is C27H23N3O8. The maximum absolute atomic E-state index is 13.0. The number of phenolic OH excluding ortho intramolecular Hbond substituents is 1. The van der Waals surface area contributed by atoms with E-state index in [9.17, 15) is 24.3 Å². The second kappa shape index (κ2) is 11.2. The number of rotatable bonds is 6. The topological polar surface area (TPSA) is 146 Å². The molecule has 38 heavy (non-hydrogen) atoms. The van der Waals surface area contributed by atoms with Crippen LogP contribution in [0.4, 0.5) is 15.3 Å². The van der Waals surface area contributed by atoms with Crippen molar-refractivity contribution in [3.63, 3.8) is 0 Å². The van der Waals surface area contributed by atoms with E-state index in [2.05, 4.69) is 10.3 Å². The van der Waals surface area contributed by atoms with E-state index < -0.39 is 23.6 Å². The first-order valence-electron chi connectivity index (χ1n) is 11.6. The predicted octanol–water partition coefficient (Wildman–Crippen LogP) is 4.56. The number of nitrogens with one attached hydrogen (secondary N) is 1. The number of amides is 1. The molecule has 11 heteroatoms. The third kappa shape index (κ3) is 5.46. The predicted molar refractivity (Wildman–Crippen MR) is 138 cm³/mol. The van der Waals surface area contributed by atoms with E-state index in [1.54, 1.807) is 19.9 Å². The molecule has 1 amide bonds. The lowest BCUT2D eigenvalue weighted by atomic mass is 10.1. The second-order valence-corrected chi connectivity index (χ2v) is 7.81. The Balaban J connectivity index is 1.89. The fraction of sp³-hybridized carbons (Fsp3) is 0.148. The highest BCUT2D eigenvalue weighted by molar-refractivity contribution is 5.98. The van der Waals surface area contributed by atoms with Gasteiger partial charge in [0.1, 0.15) is 11.5 Å². The monoisotopic (exact) mass is 517 g/mol. The van der Waals surface area contributed by atoms with Gasteiger partial charge in [-0.2, -0.15) is 0 Å². The van der Waals surface area contributed by atoms with Gasteiger partial charge in [0.2, 0.25) is 0 Å². The quantitative estimate of drug-likeness (QED) is 0.277. The molecule has 0 spiro atoms. The molecule has 0 fully saturated rings. The average molecular weight is 517 g/mol. The van der Waals surface area contributed by atoms with Crippen molar-refractivity contribution in [1.29, 1.82) is 0 Å². The summed E-state index contributed by atoms with van der Waals surface area (Å²) in [5.41, 5.74) is 0.322. The number of aromatic nitrogens is 2. The number of ether oxygens (including phenoxy) is 3. The highest BCUT2D eigenvalue weighted by Gasteiger charge is 2.22. The standard InChI is InChI=1S/C27H23N3O8/c1-3-36-26(34)29-21-13-18(38-25(33)16-6-5-11-28-15-16)8-9-19(21)23-14-24(32)20-12-17(31)7-10-22(20)30(23)27(35)37-4-2/h5-15,31H,3-4H2,1-2H3,(H,29,34). The zero-order valence-electron chi connectivity index (χ0n) is 20.5. The number of aromatic hydroxyl groups is 1. The highest BCUT2D eigenvalue weighted by atomic mass is 16.6. The van der Waals surface area contributed by atoms with Crippen LogP contribution in [-0.4, -0.2) is 46.0 Å². The van der Waals surface area contributed by atoms with Crippen LogP contribution in [0, 0.1) is 0 Å². The van der Waals surface area contributed by atoms with Crippen molar-refractivity contribution in [2.24, 2.45) is 0 Å². The molecule has 0 saturated heterocycles. The molecule has 2 aromatic heterocycles. The molecule has 194 valence electrons. The molecule has 0 unspecified atom stereocenters. The van der Waals surface area contributed by atoms with E-state index in [0.29, 0.717) is 0 Å². The van der Waals surface area contributed by atoms with Crippen molar-refractivity contribution in [3.8, 4) is 22.8 Å². The van der Waals surface area contributed by atoms with Crippen LogP contribution in [0.15, 0.2) is 71.8 Å². The molecule has 2 N–H and O–H groups in total. The number of fused-ring (bicyclic) bond motifs is 1. The Morgan fingerprint density at radius 3 is 2.50 bits per heavy atom. The number of carbonyl (C=O) groups excluding carboxylic acids is 3. The Bertz CT molecular complexity index is 1580. The molecule has 0 aliphatic heterocycles. The maximum Gasteiger partial charge on any atom is 0.418 e. The van der Waals surface area contributed by atoms with E-state index in [1.165, 1.54) is 60.9 Å². The van der Waals surface area contributed by atoms with Gasteiger partial charge in [0, 0.05) is 35.5 Å². The van der Waals surface area contributed by atoms with E-state index in [-0.39, 0.29) is 58.1 Å². The first-order chi connectivity index (χ1) is 18.3. The summed E-state index contributed by atoms with van der Waals surface area (Å²) in [6, 6.07) is 12.6. The van der Waals surface area contributed by atoms with E-state index in [1.807, 2.05) is 0 Å². The van der Waals surface area contributed by atoms with Crippen LogP contribution in [-0.2, 0) is 9.47 Å². The van der Waals surface area contributed by atoms with Crippen LogP contribution < -0.4 is 15.5 Å². The number of esters is 1. The molecule has 4 aromatic rings. The molecule has 2 aromatic carbocycles. The Morgan fingerprint density at radius 1 is 1.00 bits per heavy atom. The number of phenols is 1. The smallest absolute Gasteiger partial charge is 0.418 e. The summed E-state index contributed by atoms with van der Waals surface area (Å²) in [6.07, 6.45) is 1.27. The van der Waals surface area contributed by atoms with Crippen LogP contribution in [0.3, 0.4) is 0 Å². The zero-order chi connectivity index (χ0) is 27.2. The van der Waals surface area contributed by atoms with Crippen LogP contribution in [0.5, 0.6) is 11.5 Å². The van der Waals surface area contributed by atoms with Crippen molar-refractivity contribution >= 4 is 34.7 Å². The first kappa shape index (κ1) is 25.9. The van der Waals surface area contributed by atoms with Gasteiger partial charge in [-0.25, -0.2) is 19.0 Å². The average Bonchev–Trinajstić information content (AvgIpc) is 2.90. The summed E-state index contributed by atoms with van der Waals surface area (Å²) in [5.74, 6) is -0.755. The number of benzene rings is 2. The third-order valence-corrected chi connectivity index (χ3v) is 5.33. The summed E-state index contributed by atoms with van der Waals surface area (Å²) >= 11 is 0. The normalized spacial score (nSPS) is 10.6. The Morgan fingerprint density at radius 2 is 1.79 bits per heavy atom. The summed E-state index contributed by atoms with van der Waals surface area (Å²) in [4.78, 5) is 54.8. The van der Waals surface area contributed by atoms with Crippen LogP contribution in [0.2, 0.25) is 0 Å².